The standard InChI is InChI=1S/C13H18N4O/c1-4-15-13(18)8(2)17-9(3)16-11-7-10(14)5-6-12(11)17/h5-8H,4,14H2,1-3H3,(H,15,18). The van der Waals surface area contributed by atoms with Gasteiger partial charge in [0.1, 0.15) is 11.9 Å². The molecule has 0 aliphatic rings. The van der Waals surface area contributed by atoms with Crippen molar-refractivity contribution in [3.8, 4) is 0 Å². The van der Waals surface area contributed by atoms with E-state index in [2.05, 4.69) is 10.3 Å². The van der Waals surface area contributed by atoms with Gasteiger partial charge in [0.05, 0.1) is 11.0 Å². The Morgan fingerprint density at radius 2 is 2.28 bits per heavy atom. The van der Waals surface area contributed by atoms with Crippen molar-refractivity contribution in [2.75, 3.05) is 12.3 Å². The molecule has 0 aliphatic carbocycles. The Labute approximate surface area is 106 Å². The molecule has 1 atom stereocenters. The second-order valence-corrected chi connectivity index (χ2v) is 4.35. The zero-order chi connectivity index (χ0) is 13.3. The minimum absolute atomic E-state index is 0.00303. The third-order valence-corrected chi connectivity index (χ3v) is 3.01. The molecule has 5 nitrogen and oxygen atoms in total. The number of amides is 1. The van der Waals surface area contributed by atoms with E-state index in [1.807, 2.05) is 43.5 Å². The van der Waals surface area contributed by atoms with Gasteiger partial charge >= 0.3 is 0 Å². The first-order chi connectivity index (χ1) is 8.54. The fourth-order valence-electron chi connectivity index (χ4n) is 2.16. The number of imidazole rings is 1. The summed E-state index contributed by atoms with van der Waals surface area (Å²) in [5.41, 5.74) is 8.17. The summed E-state index contributed by atoms with van der Waals surface area (Å²) in [6.07, 6.45) is 0. The number of benzene rings is 1. The number of nitrogens with two attached hydrogens (primary N) is 1. The van der Waals surface area contributed by atoms with E-state index in [1.54, 1.807) is 0 Å². The Morgan fingerprint density at radius 3 is 2.94 bits per heavy atom. The molecule has 2 rings (SSSR count). The molecule has 0 saturated carbocycles. The number of hydrogen-bond donors (Lipinski definition) is 2. The maximum absolute atomic E-state index is 11.9. The molecule has 0 radical (unpaired) electrons. The highest BCUT2D eigenvalue weighted by molar-refractivity contribution is 5.85. The monoisotopic (exact) mass is 246 g/mol. The van der Waals surface area contributed by atoms with Crippen LogP contribution in [-0.2, 0) is 4.79 Å². The number of carbonyl (C=O) groups excluding carboxylic acids is 1. The van der Waals surface area contributed by atoms with Gasteiger partial charge in [0.2, 0.25) is 5.91 Å². The summed E-state index contributed by atoms with van der Waals surface area (Å²) >= 11 is 0. The lowest BCUT2D eigenvalue weighted by molar-refractivity contribution is -0.123. The van der Waals surface area contributed by atoms with Crippen molar-refractivity contribution in [3.63, 3.8) is 0 Å². The molecule has 96 valence electrons. The number of nitrogens with zero attached hydrogens (tertiary/aromatic N) is 2. The van der Waals surface area contributed by atoms with Crippen molar-refractivity contribution in [1.29, 1.82) is 0 Å². The average molecular weight is 246 g/mol. The molecular formula is C13H18N4O. The lowest BCUT2D eigenvalue weighted by Crippen LogP contribution is -2.31. The molecular weight excluding hydrogens is 228 g/mol. The van der Waals surface area contributed by atoms with Crippen LogP contribution in [0.3, 0.4) is 0 Å². The van der Waals surface area contributed by atoms with Crippen LogP contribution in [0.1, 0.15) is 25.7 Å². The minimum atomic E-state index is -0.279. The van der Waals surface area contributed by atoms with E-state index >= 15 is 0 Å². The van der Waals surface area contributed by atoms with Gasteiger partial charge < -0.3 is 15.6 Å². The quantitative estimate of drug-likeness (QED) is 0.808. The van der Waals surface area contributed by atoms with Gasteiger partial charge in [-0.1, -0.05) is 0 Å². The first-order valence-corrected chi connectivity index (χ1v) is 6.06. The third kappa shape index (κ3) is 2.03. The normalized spacial score (nSPS) is 12.6. The number of likely N-dealkylation sites (N-methyl/N-ethyl adjacent to an activating group) is 1. The zero-order valence-electron chi connectivity index (χ0n) is 10.9. The fraction of sp³-hybridized carbons (Fsp3) is 0.385. The van der Waals surface area contributed by atoms with Gasteiger partial charge in [-0.15, -0.1) is 0 Å². The van der Waals surface area contributed by atoms with Crippen LogP contribution in [0.2, 0.25) is 0 Å². The second kappa shape index (κ2) is 4.68. The second-order valence-electron chi connectivity index (χ2n) is 4.35. The van der Waals surface area contributed by atoms with E-state index in [-0.39, 0.29) is 11.9 Å². The van der Waals surface area contributed by atoms with Crippen molar-refractivity contribution in [3.05, 3.63) is 24.0 Å². The molecule has 1 amide bonds. The number of rotatable bonds is 3. The Hall–Kier alpha value is -2.04. The van der Waals surface area contributed by atoms with Gasteiger partial charge in [-0.3, -0.25) is 4.79 Å². The van der Waals surface area contributed by atoms with E-state index in [4.69, 9.17) is 5.73 Å². The molecule has 0 spiro atoms. The number of fused-ring (bicyclic) bond motifs is 1. The maximum Gasteiger partial charge on any atom is 0.242 e. The predicted octanol–water partition coefficient (Wildman–Crippen LogP) is 1.62. The van der Waals surface area contributed by atoms with Gasteiger partial charge in [0.15, 0.2) is 0 Å². The third-order valence-electron chi connectivity index (χ3n) is 3.01. The van der Waals surface area contributed by atoms with Crippen molar-refractivity contribution in [2.24, 2.45) is 0 Å². The van der Waals surface area contributed by atoms with Crippen LogP contribution < -0.4 is 11.1 Å². The summed E-state index contributed by atoms with van der Waals surface area (Å²) in [7, 11) is 0. The summed E-state index contributed by atoms with van der Waals surface area (Å²) in [5, 5.41) is 2.82. The van der Waals surface area contributed by atoms with E-state index in [0.29, 0.717) is 12.2 Å². The van der Waals surface area contributed by atoms with Crippen molar-refractivity contribution in [2.45, 2.75) is 26.8 Å². The smallest absolute Gasteiger partial charge is 0.242 e. The SMILES string of the molecule is CCNC(=O)C(C)n1c(C)nc2cc(N)ccc21. The lowest BCUT2D eigenvalue weighted by Gasteiger charge is -2.15. The molecule has 1 aromatic heterocycles. The highest BCUT2D eigenvalue weighted by Gasteiger charge is 2.19. The van der Waals surface area contributed by atoms with Crippen LogP contribution in [0.4, 0.5) is 5.69 Å². The summed E-state index contributed by atoms with van der Waals surface area (Å²) in [6, 6.07) is 5.27. The average Bonchev–Trinajstić information content (AvgIpc) is 2.63. The lowest BCUT2D eigenvalue weighted by atomic mass is 10.2. The Bertz CT molecular complexity index is 588. The minimum Gasteiger partial charge on any atom is -0.399 e. The fourth-order valence-corrected chi connectivity index (χ4v) is 2.16. The van der Waals surface area contributed by atoms with Crippen LogP contribution in [0, 0.1) is 6.92 Å². The van der Waals surface area contributed by atoms with E-state index in [9.17, 15) is 4.79 Å². The maximum atomic E-state index is 11.9. The Balaban J connectivity index is 2.50. The van der Waals surface area contributed by atoms with E-state index in [1.165, 1.54) is 0 Å². The first-order valence-electron chi connectivity index (χ1n) is 6.06. The van der Waals surface area contributed by atoms with Crippen molar-refractivity contribution >= 4 is 22.6 Å². The first kappa shape index (κ1) is 12.4. The molecule has 5 heteroatoms. The summed E-state index contributed by atoms with van der Waals surface area (Å²) in [6.45, 7) is 6.30. The number of aryl methyl sites for hydroxylation is 1. The summed E-state index contributed by atoms with van der Waals surface area (Å²) in [4.78, 5) is 16.4. The van der Waals surface area contributed by atoms with Crippen molar-refractivity contribution < 1.29 is 4.79 Å². The molecule has 18 heavy (non-hydrogen) atoms. The molecule has 0 saturated heterocycles. The van der Waals surface area contributed by atoms with Crippen LogP contribution in [0.15, 0.2) is 18.2 Å². The molecule has 2 aromatic rings. The molecule has 0 fully saturated rings. The van der Waals surface area contributed by atoms with Gasteiger partial charge in [-0.2, -0.15) is 0 Å². The number of anilines is 1. The van der Waals surface area contributed by atoms with Crippen LogP contribution >= 0.6 is 0 Å². The molecule has 1 unspecified atom stereocenters. The molecule has 3 N–H and O–H groups in total. The van der Waals surface area contributed by atoms with Gasteiger partial charge in [0, 0.05) is 12.2 Å². The van der Waals surface area contributed by atoms with Crippen molar-refractivity contribution in [1.82, 2.24) is 14.9 Å². The van der Waals surface area contributed by atoms with Gasteiger partial charge in [0.25, 0.3) is 0 Å². The van der Waals surface area contributed by atoms with Crippen LogP contribution in [0.5, 0.6) is 0 Å². The highest BCUT2D eigenvalue weighted by atomic mass is 16.2. The number of aromatic nitrogens is 2. The number of carbonyl (C=O) groups is 1. The molecule has 1 heterocycles. The molecule has 1 aromatic carbocycles. The largest absolute Gasteiger partial charge is 0.399 e. The van der Waals surface area contributed by atoms with Crippen LogP contribution in [0.25, 0.3) is 11.0 Å². The van der Waals surface area contributed by atoms with Crippen LogP contribution in [-0.4, -0.2) is 22.0 Å². The number of nitrogens with one attached hydrogen (secondary N) is 1. The van der Waals surface area contributed by atoms with Gasteiger partial charge in [-0.05, 0) is 39.0 Å². The predicted molar refractivity (Wildman–Crippen MR) is 72.3 cm³/mol. The topological polar surface area (TPSA) is 72.9 Å². The number of nitrogen functional groups attached to an aromatic ring is 1. The number of hydrogen-bond acceptors (Lipinski definition) is 3. The Morgan fingerprint density at radius 1 is 1.56 bits per heavy atom. The van der Waals surface area contributed by atoms with E-state index in [0.717, 1.165) is 16.9 Å². The Kier molecular flexibility index (Phi) is 3.23. The highest BCUT2D eigenvalue weighted by Crippen LogP contribution is 2.22. The zero-order valence-corrected chi connectivity index (χ0v) is 10.9. The summed E-state index contributed by atoms with van der Waals surface area (Å²) in [5.74, 6) is 0.811. The van der Waals surface area contributed by atoms with E-state index < -0.39 is 0 Å². The molecule has 0 bridgehead atoms. The molecule has 0 aliphatic heterocycles. The summed E-state index contributed by atoms with van der Waals surface area (Å²) < 4.78 is 1.93. The van der Waals surface area contributed by atoms with Gasteiger partial charge in [-0.25, -0.2) is 4.98 Å².